The summed E-state index contributed by atoms with van der Waals surface area (Å²) >= 11 is 6.16. The molecule has 4 heteroatoms. The molecule has 0 radical (unpaired) electrons. The largest absolute Gasteiger partial charge is 0.508 e. The summed E-state index contributed by atoms with van der Waals surface area (Å²) in [5.41, 5.74) is 4.69. The lowest BCUT2D eigenvalue weighted by Crippen LogP contribution is -2.05. The van der Waals surface area contributed by atoms with Crippen molar-refractivity contribution in [2.75, 3.05) is 0 Å². The highest BCUT2D eigenvalue weighted by Crippen LogP contribution is 2.40. The smallest absolute Gasteiger partial charge is 0.189 e. The Balaban J connectivity index is 1.90. The predicted molar refractivity (Wildman–Crippen MR) is 102 cm³/mol. The summed E-state index contributed by atoms with van der Waals surface area (Å²) in [6.45, 7) is 0. The fourth-order valence-electron chi connectivity index (χ4n) is 3.37. The molecule has 3 aromatic rings. The van der Waals surface area contributed by atoms with E-state index in [1.54, 1.807) is 30.3 Å². The maximum absolute atomic E-state index is 13.1. The zero-order chi connectivity index (χ0) is 18.3. The fourth-order valence-corrected chi connectivity index (χ4v) is 3.56. The van der Waals surface area contributed by atoms with Gasteiger partial charge >= 0.3 is 0 Å². The molecule has 0 bridgehead atoms. The number of hydrogen-bond donors (Lipinski definition) is 2. The topological polar surface area (TPSA) is 57.5 Å². The lowest BCUT2D eigenvalue weighted by molar-refractivity contribution is 0.103. The molecule has 0 heterocycles. The van der Waals surface area contributed by atoms with Crippen LogP contribution in [0.5, 0.6) is 11.5 Å². The van der Waals surface area contributed by atoms with Crippen LogP contribution in [0.25, 0.3) is 5.57 Å². The zero-order valence-corrected chi connectivity index (χ0v) is 14.5. The van der Waals surface area contributed by atoms with Gasteiger partial charge in [0.2, 0.25) is 0 Å². The Morgan fingerprint density at radius 1 is 0.885 bits per heavy atom. The van der Waals surface area contributed by atoms with Crippen molar-refractivity contribution >= 4 is 23.0 Å². The summed E-state index contributed by atoms with van der Waals surface area (Å²) in [5.74, 6) is 0.188. The van der Waals surface area contributed by atoms with Gasteiger partial charge < -0.3 is 10.2 Å². The number of rotatable bonds is 3. The molecule has 2 N–H and O–H groups in total. The third-order valence-corrected chi connectivity index (χ3v) is 4.78. The van der Waals surface area contributed by atoms with E-state index in [1.165, 1.54) is 12.1 Å². The number of carbonyl (C=O) groups excluding carboxylic acids is 1. The molecule has 0 saturated carbocycles. The number of halogens is 1. The maximum Gasteiger partial charge on any atom is 0.189 e. The second-order valence-corrected chi connectivity index (χ2v) is 6.69. The van der Waals surface area contributed by atoms with E-state index in [0.717, 1.165) is 22.3 Å². The summed E-state index contributed by atoms with van der Waals surface area (Å²) in [5, 5.41) is 19.9. The van der Waals surface area contributed by atoms with E-state index in [1.807, 2.05) is 24.3 Å². The van der Waals surface area contributed by atoms with Gasteiger partial charge in [0.05, 0.1) is 0 Å². The summed E-state index contributed by atoms with van der Waals surface area (Å²) in [4.78, 5) is 13.1. The van der Waals surface area contributed by atoms with Crippen molar-refractivity contribution in [3.05, 3.63) is 99.6 Å². The average Bonchev–Trinajstić information content (AvgIpc) is 3.00. The number of phenols is 2. The van der Waals surface area contributed by atoms with Gasteiger partial charge in [-0.3, -0.25) is 4.79 Å². The molecular formula is C22H15ClO3. The lowest BCUT2D eigenvalue weighted by atomic mass is 9.94. The second kappa shape index (κ2) is 6.36. The number of allylic oxidation sites excluding steroid dienone is 1. The molecular weight excluding hydrogens is 348 g/mol. The number of Topliss-reactive ketones (excluding diaryl/α,β-unsaturated/α-hetero) is 1. The molecule has 0 aliphatic heterocycles. The van der Waals surface area contributed by atoms with Gasteiger partial charge in [-0.05, 0) is 70.8 Å². The van der Waals surface area contributed by atoms with Crippen LogP contribution in [0.3, 0.4) is 0 Å². The Kier molecular flexibility index (Phi) is 4.02. The minimum atomic E-state index is -0.101. The van der Waals surface area contributed by atoms with Crippen LogP contribution in [-0.4, -0.2) is 16.0 Å². The van der Waals surface area contributed by atoms with Crippen LogP contribution in [0.15, 0.2) is 72.3 Å². The van der Waals surface area contributed by atoms with Gasteiger partial charge in [-0.15, -0.1) is 0 Å². The van der Waals surface area contributed by atoms with Gasteiger partial charge in [0.1, 0.15) is 11.5 Å². The molecule has 0 saturated heterocycles. The van der Waals surface area contributed by atoms with Crippen molar-refractivity contribution in [1.29, 1.82) is 0 Å². The van der Waals surface area contributed by atoms with Crippen LogP contribution in [0.2, 0.25) is 5.02 Å². The van der Waals surface area contributed by atoms with Gasteiger partial charge in [0, 0.05) is 22.6 Å². The highest BCUT2D eigenvalue weighted by Gasteiger charge is 2.28. The first-order valence-electron chi connectivity index (χ1n) is 8.18. The van der Waals surface area contributed by atoms with Crippen molar-refractivity contribution in [3.63, 3.8) is 0 Å². The van der Waals surface area contributed by atoms with Crippen LogP contribution in [0.4, 0.5) is 0 Å². The quantitative estimate of drug-likeness (QED) is 0.645. The Morgan fingerprint density at radius 3 is 2.35 bits per heavy atom. The molecule has 0 aromatic heterocycles. The molecule has 26 heavy (non-hydrogen) atoms. The van der Waals surface area contributed by atoms with E-state index >= 15 is 0 Å². The summed E-state index contributed by atoms with van der Waals surface area (Å²) in [6, 6.07) is 18.8. The van der Waals surface area contributed by atoms with Crippen LogP contribution < -0.4 is 0 Å². The van der Waals surface area contributed by atoms with Gasteiger partial charge in [0.15, 0.2) is 5.78 Å². The average molecular weight is 363 g/mol. The molecule has 0 spiro atoms. The SMILES string of the molecule is O=C(C1=C(c2cccc(Cl)c2)c2ccc(O)cc2C1)c1ccc(O)cc1. The van der Waals surface area contributed by atoms with Gasteiger partial charge in [-0.2, -0.15) is 0 Å². The minimum absolute atomic E-state index is 0.101. The van der Waals surface area contributed by atoms with Crippen LogP contribution in [0.1, 0.15) is 27.0 Å². The molecule has 3 nitrogen and oxygen atoms in total. The van der Waals surface area contributed by atoms with Crippen molar-refractivity contribution in [3.8, 4) is 11.5 Å². The molecule has 4 rings (SSSR count). The Bertz CT molecular complexity index is 1050. The Labute approximate surface area is 155 Å². The second-order valence-electron chi connectivity index (χ2n) is 6.26. The number of phenolic OH excluding ortho intramolecular Hbond substituents is 2. The van der Waals surface area contributed by atoms with Crippen molar-refractivity contribution in [1.82, 2.24) is 0 Å². The number of benzene rings is 3. The first kappa shape index (κ1) is 16.4. The predicted octanol–water partition coefficient (Wildman–Crippen LogP) is 4.99. The number of ketones is 1. The standard InChI is InChI=1S/C22H15ClO3/c23-16-3-1-2-14(10-16)21-19-9-8-18(25)11-15(19)12-20(21)22(26)13-4-6-17(24)7-5-13/h1-11,24-25H,12H2. The number of hydrogen-bond acceptors (Lipinski definition) is 3. The van der Waals surface area contributed by atoms with Gasteiger partial charge in [0.25, 0.3) is 0 Å². The van der Waals surface area contributed by atoms with Crippen LogP contribution in [0, 0.1) is 0 Å². The van der Waals surface area contributed by atoms with E-state index in [9.17, 15) is 15.0 Å². The molecule has 1 aliphatic rings. The zero-order valence-electron chi connectivity index (χ0n) is 13.7. The fraction of sp³-hybridized carbons (Fsp3) is 0.0455. The highest BCUT2D eigenvalue weighted by molar-refractivity contribution is 6.30. The number of carbonyl (C=O) groups is 1. The number of aromatic hydroxyl groups is 2. The van der Waals surface area contributed by atoms with E-state index in [0.29, 0.717) is 22.6 Å². The third-order valence-electron chi connectivity index (χ3n) is 4.54. The van der Waals surface area contributed by atoms with Crippen molar-refractivity contribution in [2.24, 2.45) is 0 Å². The minimum Gasteiger partial charge on any atom is -0.508 e. The van der Waals surface area contributed by atoms with Crippen LogP contribution >= 0.6 is 11.6 Å². The first-order chi connectivity index (χ1) is 12.5. The molecule has 1 aliphatic carbocycles. The maximum atomic E-state index is 13.1. The third kappa shape index (κ3) is 2.87. The molecule has 0 atom stereocenters. The highest BCUT2D eigenvalue weighted by atomic mass is 35.5. The number of fused-ring (bicyclic) bond motifs is 1. The van der Waals surface area contributed by atoms with Gasteiger partial charge in [-0.25, -0.2) is 0 Å². The monoisotopic (exact) mass is 362 g/mol. The molecule has 0 unspecified atom stereocenters. The van der Waals surface area contributed by atoms with E-state index in [4.69, 9.17) is 11.6 Å². The summed E-state index contributed by atoms with van der Waals surface area (Å²) < 4.78 is 0. The summed E-state index contributed by atoms with van der Waals surface area (Å²) in [7, 11) is 0. The molecule has 3 aromatic carbocycles. The van der Waals surface area contributed by atoms with E-state index < -0.39 is 0 Å². The Hall–Kier alpha value is -3.04. The van der Waals surface area contributed by atoms with Crippen molar-refractivity contribution in [2.45, 2.75) is 6.42 Å². The van der Waals surface area contributed by atoms with E-state index in [2.05, 4.69) is 0 Å². The molecule has 128 valence electrons. The van der Waals surface area contributed by atoms with Gasteiger partial charge in [-0.1, -0.05) is 29.8 Å². The lowest BCUT2D eigenvalue weighted by Gasteiger charge is -2.10. The van der Waals surface area contributed by atoms with Crippen molar-refractivity contribution < 1.29 is 15.0 Å². The van der Waals surface area contributed by atoms with E-state index in [-0.39, 0.29) is 17.3 Å². The van der Waals surface area contributed by atoms with Crippen LogP contribution in [-0.2, 0) is 6.42 Å². The Morgan fingerprint density at radius 2 is 1.62 bits per heavy atom. The molecule has 0 amide bonds. The molecule has 0 fully saturated rings. The first-order valence-corrected chi connectivity index (χ1v) is 8.56. The normalized spacial score (nSPS) is 13.0. The summed E-state index contributed by atoms with van der Waals surface area (Å²) in [6.07, 6.45) is 0.436.